The minimum Gasteiger partial charge on any atom is -0.397 e. The lowest BCUT2D eigenvalue weighted by atomic mass is 10.2. The summed E-state index contributed by atoms with van der Waals surface area (Å²) >= 11 is 0. The number of hydrogen-bond donors (Lipinski definition) is 4. The summed E-state index contributed by atoms with van der Waals surface area (Å²) in [7, 11) is 0. The van der Waals surface area contributed by atoms with E-state index in [1.807, 2.05) is 30.3 Å². The van der Waals surface area contributed by atoms with Crippen LogP contribution in [0.3, 0.4) is 0 Å². The average Bonchev–Trinajstić information content (AvgIpc) is 2.58. The highest BCUT2D eigenvalue weighted by Crippen LogP contribution is 2.16. The van der Waals surface area contributed by atoms with Crippen molar-refractivity contribution < 1.29 is 4.79 Å². The van der Waals surface area contributed by atoms with Gasteiger partial charge in [0, 0.05) is 29.8 Å². The second-order valence-corrected chi connectivity index (χ2v) is 4.71. The van der Waals surface area contributed by atoms with Gasteiger partial charge in [0.25, 0.3) is 0 Å². The van der Waals surface area contributed by atoms with Crippen molar-refractivity contribution in [2.45, 2.75) is 0 Å². The maximum Gasteiger partial charge on any atom is 0.248 e. The number of para-hydroxylation sites is 3. The van der Waals surface area contributed by atoms with Crippen LogP contribution in [0.25, 0.3) is 0 Å². The van der Waals surface area contributed by atoms with E-state index in [1.54, 1.807) is 36.5 Å². The smallest absolute Gasteiger partial charge is 0.248 e. The van der Waals surface area contributed by atoms with Gasteiger partial charge in [-0.3, -0.25) is 4.79 Å². The summed E-state index contributed by atoms with van der Waals surface area (Å²) < 4.78 is 0. The van der Waals surface area contributed by atoms with Crippen LogP contribution in [0.1, 0.15) is 0 Å². The molecule has 2 aromatic rings. The van der Waals surface area contributed by atoms with E-state index in [0.29, 0.717) is 16.9 Å². The SMILES string of the molecule is N=CC(=C\Nc1ccccc1)/C=C/C(=O)Nc1ccccc1N. The number of carbonyl (C=O) groups is 1. The van der Waals surface area contributed by atoms with E-state index in [9.17, 15) is 4.79 Å². The minimum absolute atomic E-state index is 0.310. The fraction of sp³-hybridized carbons (Fsp3) is 0. The molecule has 0 aliphatic carbocycles. The molecule has 0 saturated heterocycles. The lowest BCUT2D eigenvalue weighted by Crippen LogP contribution is -2.09. The van der Waals surface area contributed by atoms with Gasteiger partial charge in [-0.05, 0) is 30.3 Å². The summed E-state index contributed by atoms with van der Waals surface area (Å²) in [5, 5.41) is 13.1. The van der Waals surface area contributed by atoms with Crippen molar-refractivity contribution in [1.29, 1.82) is 5.41 Å². The standard InChI is InChI=1S/C18H18N4O/c19-12-14(13-21-15-6-2-1-3-7-15)10-11-18(23)22-17-9-5-4-8-16(17)20/h1-13,19,21H,20H2,(H,22,23)/b11-10+,14-13-,19-12?. The molecular formula is C18H18N4O. The van der Waals surface area contributed by atoms with Crippen LogP contribution in [0, 0.1) is 5.41 Å². The Morgan fingerprint density at radius 3 is 2.39 bits per heavy atom. The Hall–Kier alpha value is -3.34. The lowest BCUT2D eigenvalue weighted by molar-refractivity contribution is -0.111. The van der Waals surface area contributed by atoms with Gasteiger partial charge in [-0.15, -0.1) is 0 Å². The van der Waals surface area contributed by atoms with Gasteiger partial charge in [0.15, 0.2) is 0 Å². The highest BCUT2D eigenvalue weighted by Gasteiger charge is 2.00. The number of anilines is 3. The van der Waals surface area contributed by atoms with Crippen LogP contribution in [-0.4, -0.2) is 12.1 Å². The zero-order valence-corrected chi connectivity index (χ0v) is 12.5. The summed E-state index contributed by atoms with van der Waals surface area (Å²) in [6.45, 7) is 0. The molecular weight excluding hydrogens is 288 g/mol. The molecule has 5 N–H and O–H groups in total. The van der Waals surface area contributed by atoms with Gasteiger partial charge in [-0.1, -0.05) is 30.3 Å². The van der Waals surface area contributed by atoms with Crippen molar-refractivity contribution in [3.63, 3.8) is 0 Å². The molecule has 5 heteroatoms. The predicted octanol–water partition coefficient (Wildman–Crippen LogP) is 3.41. The molecule has 2 rings (SSSR count). The van der Waals surface area contributed by atoms with Gasteiger partial charge < -0.3 is 21.8 Å². The van der Waals surface area contributed by atoms with Crippen molar-refractivity contribution in [1.82, 2.24) is 0 Å². The van der Waals surface area contributed by atoms with E-state index in [2.05, 4.69) is 10.6 Å². The number of hydrogen-bond acceptors (Lipinski definition) is 4. The molecule has 0 atom stereocenters. The fourth-order valence-corrected chi connectivity index (χ4v) is 1.80. The molecule has 0 bridgehead atoms. The van der Waals surface area contributed by atoms with E-state index in [4.69, 9.17) is 11.1 Å². The Morgan fingerprint density at radius 2 is 1.70 bits per heavy atom. The van der Waals surface area contributed by atoms with Crippen molar-refractivity contribution >= 4 is 29.2 Å². The molecule has 0 aromatic heterocycles. The third-order valence-corrected chi connectivity index (χ3v) is 2.99. The number of benzene rings is 2. The van der Waals surface area contributed by atoms with Gasteiger partial charge in [-0.2, -0.15) is 0 Å². The van der Waals surface area contributed by atoms with Crippen LogP contribution in [0.5, 0.6) is 0 Å². The van der Waals surface area contributed by atoms with Gasteiger partial charge in [-0.25, -0.2) is 0 Å². The van der Waals surface area contributed by atoms with Crippen LogP contribution in [0.15, 0.2) is 78.5 Å². The highest BCUT2D eigenvalue weighted by atomic mass is 16.1. The molecule has 0 saturated carbocycles. The van der Waals surface area contributed by atoms with Gasteiger partial charge >= 0.3 is 0 Å². The maximum absolute atomic E-state index is 11.9. The molecule has 1 amide bonds. The van der Waals surface area contributed by atoms with Crippen molar-refractivity contribution in [2.75, 3.05) is 16.4 Å². The van der Waals surface area contributed by atoms with Crippen LogP contribution in [0.2, 0.25) is 0 Å². The number of nitrogens with two attached hydrogens (primary N) is 1. The molecule has 0 heterocycles. The van der Waals surface area contributed by atoms with Gasteiger partial charge in [0.2, 0.25) is 5.91 Å². The topological polar surface area (TPSA) is 91.0 Å². The van der Waals surface area contributed by atoms with Crippen LogP contribution < -0.4 is 16.4 Å². The Morgan fingerprint density at radius 1 is 1.00 bits per heavy atom. The molecule has 0 unspecified atom stereocenters. The zero-order valence-electron chi connectivity index (χ0n) is 12.5. The molecule has 116 valence electrons. The van der Waals surface area contributed by atoms with Crippen molar-refractivity contribution in [3.05, 3.63) is 78.5 Å². The first-order valence-electron chi connectivity index (χ1n) is 7.05. The third kappa shape index (κ3) is 5.17. The second-order valence-electron chi connectivity index (χ2n) is 4.71. The number of nitrogen functional groups attached to an aromatic ring is 1. The van der Waals surface area contributed by atoms with Crippen molar-refractivity contribution in [3.8, 4) is 0 Å². The molecule has 0 aliphatic heterocycles. The minimum atomic E-state index is -0.310. The second kappa shape index (κ2) is 8.19. The predicted molar refractivity (Wildman–Crippen MR) is 95.6 cm³/mol. The normalized spacial score (nSPS) is 11.2. The number of carbonyl (C=O) groups excluding carboxylic acids is 1. The fourth-order valence-electron chi connectivity index (χ4n) is 1.80. The number of rotatable bonds is 6. The summed E-state index contributed by atoms with van der Waals surface area (Å²) in [4.78, 5) is 11.9. The largest absolute Gasteiger partial charge is 0.397 e. The molecule has 0 fully saturated rings. The first-order valence-corrected chi connectivity index (χ1v) is 7.05. The molecule has 5 nitrogen and oxygen atoms in total. The summed E-state index contributed by atoms with van der Waals surface area (Å²) in [6.07, 6.45) is 5.73. The molecule has 23 heavy (non-hydrogen) atoms. The van der Waals surface area contributed by atoms with E-state index in [0.717, 1.165) is 11.9 Å². The Balaban J connectivity index is 1.97. The monoisotopic (exact) mass is 306 g/mol. The van der Waals surface area contributed by atoms with E-state index in [-0.39, 0.29) is 5.91 Å². The highest BCUT2D eigenvalue weighted by molar-refractivity contribution is 6.02. The summed E-state index contributed by atoms with van der Waals surface area (Å²) in [5.41, 5.74) is 8.29. The average molecular weight is 306 g/mol. The quantitative estimate of drug-likeness (QED) is 0.285. The molecule has 2 aromatic carbocycles. The number of amides is 1. The van der Waals surface area contributed by atoms with E-state index >= 15 is 0 Å². The lowest BCUT2D eigenvalue weighted by Gasteiger charge is -2.05. The first-order chi connectivity index (χ1) is 11.2. The molecule has 0 radical (unpaired) electrons. The third-order valence-electron chi connectivity index (χ3n) is 2.99. The Kier molecular flexibility index (Phi) is 5.71. The van der Waals surface area contributed by atoms with E-state index in [1.165, 1.54) is 6.08 Å². The van der Waals surface area contributed by atoms with Crippen LogP contribution in [-0.2, 0) is 4.79 Å². The Labute approximate surface area is 135 Å². The van der Waals surface area contributed by atoms with Gasteiger partial charge in [0.05, 0.1) is 11.4 Å². The number of nitrogens with one attached hydrogen (secondary N) is 3. The Bertz CT molecular complexity index is 736. The van der Waals surface area contributed by atoms with Gasteiger partial charge in [0.1, 0.15) is 0 Å². The van der Waals surface area contributed by atoms with Crippen LogP contribution >= 0.6 is 0 Å². The first kappa shape index (κ1) is 16.0. The summed E-state index contributed by atoms with van der Waals surface area (Å²) in [6, 6.07) is 16.6. The summed E-state index contributed by atoms with van der Waals surface area (Å²) in [5.74, 6) is -0.310. The number of allylic oxidation sites excluding steroid dienone is 2. The van der Waals surface area contributed by atoms with Crippen LogP contribution in [0.4, 0.5) is 17.1 Å². The maximum atomic E-state index is 11.9. The molecule has 0 spiro atoms. The molecule has 0 aliphatic rings. The zero-order chi connectivity index (χ0) is 16.5. The van der Waals surface area contributed by atoms with E-state index < -0.39 is 0 Å². The van der Waals surface area contributed by atoms with Crippen molar-refractivity contribution in [2.24, 2.45) is 0 Å².